The topological polar surface area (TPSA) is 77.5 Å². The van der Waals surface area contributed by atoms with Gasteiger partial charge in [0.05, 0.1) is 36.1 Å². The van der Waals surface area contributed by atoms with Gasteiger partial charge in [-0.25, -0.2) is 9.78 Å². The second kappa shape index (κ2) is 11.4. The molecular formula is C31H32N2O4S. The van der Waals surface area contributed by atoms with Crippen molar-refractivity contribution in [2.75, 3.05) is 19.0 Å². The van der Waals surface area contributed by atoms with E-state index >= 15 is 0 Å². The molecule has 1 amide bonds. The van der Waals surface area contributed by atoms with Crippen LogP contribution >= 0.6 is 11.3 Å². The van der Waals surface area contributed by atoms with Crippen molar-refractivity contribution in [3.8, 4) is 17.0 Å². The number of ether oxygens (including phenoxy) is 2. The minimum atomic E-state index is -0.406. The molecule has 1 aliphatic carbocycles. The quantitative estimate of drug-likeness (QED) is 0.243. The fourth-order valence-electron chi connectivity index (χ4n) is 5.06. The van der Waals surface area contributed by atoms with Gasteiger partial charge in [0.2, 0.25) is 0 Å². The largest absolute Gasteiger partial charge is 0.494 e. The summed E-state index contributed by atoms with van der Waals surface area (Å²) in [5.74, 6) is 0.678. The molecule has 6 nitrogen and oxygen atoms in total. The van der Waals surface area contributed by atoms with Gasteiger partial charge in [-0.15, -0.1) is 11.3 Å². The van der Waals surface area contributed by atoms with E-state index in [4.69, 9.17) is 14.5 Å². The lowest BCUT2D eigenvalue weighted by Crippen LogP contribution is -2.17. The minimum Gasteiger partial charge on any atom is -0.494 e. The summed E-state index contributed by atoms with van der Waals surface area (Å²) >= 11 is 1.50. The van der Waals surface area contributed by atoms with Crippen LogP contribution in [-0.4, -0.2) is 30.6 Å². The number of anilines is 1. The van der Waals surface area contributed by atoms with Crippen LogP contribution in [0, 0.1) is 5.92 Å². The summed E-state index contributed by atoms with van der Waals surface area (Å²) < 4.78 is 10.9. The number of nitrogens with zero attached hydrogens (tertiary/aromatic N) is 1. The van der Waals surface area contributed by atoms with Crippen LogP contribution < -0.4 is 10.1 Å². The third-order valence-corrected chi connectivity index (χ3v) is 8.29. The van der Waals surface area contributed by atoms with Crippen LogP contribution in [0.2, 0.25) is 0 Å². The van der Waals surface area contributed by atoms with Crippen LogP contribution in [-0.2, 0) is 17.6 Å². The van der Waals surface area contributed by atoms with Gasteiger partial charge >= 0.3 is 5.97 Å². The van der Waals surface area contributed by atoms with Gasteiger partial charge < -0.3 is 14.8 Å². The number of pyridine rings is 1. The van der Waals surface area contributed by atoms with Crippen molar-refractivity contribution >= 4 is 39.1 Å². The predicted molar refractivity (Wildman–Crippen MR) is 152 cm³/mol. The first-order valence-electron chi connectivity index (χ1n) is 13.2. The average molecular weight is 529 g/mol. The summed E-state index contributed by atoms with van der Waals surface area (Å²) in [6.07, 6.45) is 4.81. The van der Waals surface area contributed by atoms with Crippen LogP contribution in [0.5, 0.6) is 5.75 Å². The summed E-state index contributed by atoms with van der Waals surface area (Å²) in [5.41, 5.74) is 4.28. The van der Waals surface area contributed by atoms with Gasteiger partial charge in [-0.3, -0.25) is 4.79 Å². The van der Waals surface area contributed by atoms with E-state index in [1.54, 1.807) is 0 Å². The molecule has 196 valence electrons. The molecule has 7 heteroatoms. The number of rotatable bonds is 8. The molecule has 0 spiro atoms. The second-order valence-corrected chi connectivity index (χ2v) is 10.7. The first kappa shape index (κ1) is 25.9. The molecule has 2 aromatic heterocycles. The zero-order valence-corrected chi connectivity index (χ0v) is 22.8. The Balaban J connectivity index is 1.54. The van der Waals surface area contributed by atoms with Crippen molar-refractivity contribution in [1.29, 1.82) is 0 Å². The molecule has 1 N–H and O–H groups in total. The lowest BCUT2D eigenvalue weighted by atomic mass is 9.85. The Bertz CT molecular complexity index is 1490. The maximum Gasteiger partial charge on any atom is 0.341 e. The molecule has 5 rings (SSSR count). The fourth-order valence-corrected chi connectivity index (χ4v) is 6.40. The Morgan fingerprint density at radius 3 is 2.74 bits per heavy atom. The van der Waals surface area contributed by atoms with Crippen LogP contribution in [0.4, 0.5) is 5.00 Å². The number of hydrogen-bond acceptors (Lipinski definition) is 6. The summed E-state index contributed by atoms with van der Waals surface area (Å²) in [7, 11) is 1.39. The molecule has 0 bridgehead atoms. The number of fused-ring (bicyclic) bond motifs is 2. The average Bonchev–Trinajstić information content (AvgIpc) is 3.31. The number of esters is 1. The molecule has 2 heterocycles. The number of thiophene rings is 1. The van der Waals surface area contributed by atoms with E-state index in [1.807, 2.05) is 54.6 Å². The molecule has 4 aromatic rings. The Morgan fingerprint density at radius 1 is 1.11 bits per heavy atom. The molecule has 1 unspecified atom stereocenters. The fraction of sp³-hybridized carbons (Fsp3) is 0.323. The maximum atomic E-state index is 13.8. The SMILES string of the molecule is CCCOc1cccc(-c2cc(C(=O)Nc3sc4c(c3C(=O)OC)CCC(CC)C4)c3ccccc3n2)c1. The summed E-state index contributed by atoms with van der Waals surface area (Å²) in [6, 6.07) is 17.2. The van der Waals surface area contributed by atoms with E-state index in [2.05, 4.69) is 19.2 Å². The normalized spacial score (nSPS) is 14.7. The Morgan fingerprint density at radius 2 is 1.95 bits per heavy atom. The van der Waals surface area contributed by atoms with Crippen molar-refractivity contribution in [3.05, 3.63) is 76.2 Å². The monoisotopic (exact) mass is 528 g/mol. The van der Waals surface area contributed by atoms with Gasteiger partial charge in [0, 0.05) is 15.8 Å². The van der Waals surface area contributed by atoms with Gasteiger partial charge in [-0.05, 0) is 61.4 Å². The zero-order valence-electron chi connectivity index (χ0n) is 22.0. The first-order valence-corrected chi connectivity index (χ1v) is 14.0. The van der Waals surface area contributed by atoms with Crippen LogP contribution in [0.1, 0.15) is 64.3 Å². The molecule has 0 saturated carbocycles. The third kappa shape index (κ3) is 5.16. The van der Waals surface area contributed by atoms with Gasteiger partial charge in [0.1, 0.15) is 10.8 Å². The molecule has 1 atom stereocenters. The molecule has 2 aromatic carbocycles. The van der Waals surface area contributed by atoms with E-state index in [1.165, 1.54) is 23.3 Å². The van der Waals surface area contributed by atoms with Crippen LogP contribution in [0.3, 0.4) is 0 Å². The summed E-state index contributed by atoms with van der Waals surface area (Å²) in [6.45, 7) is 4.90. The number of amides is 1. The second-order valence-electron chi connectivity index (χ2n) is 9.62. The molecule has 1 aliphatic rings. The molecule has 38 heavy (non-hydrogen) atoms. The maximum absolute atomic E-state index is 13.8. The smallest absolute Gasteiger partial charge is 0.341 e. The van der Waals surface area contributed by atoms with Gasteiger partial charge in [-0.2, -0.15) is 0 Å². The van der Waals surface area contributed by atoms with Crippen molar-refractivity contribution in [1.82, 2.24) is 4.98 Å². The summed E-state index contributed by atoms with van der Waals surface area (Å²) in [4.78, 5) is 32.6. The number of hydrogen-bond donors (Lipinski definition) is 1. The highest BCUT2D eigenvalue weighted by Gasteiger charge is 2.30. The molecule has 0 saturated heterocycles. The highest BCUT2D eigenvalue weighted by atomic mass is 32.1. The predicted octanol–water partition coefficient (Wildman–Crippen LogP) is 7.31. The van der Waals surface area contributed by atoms with E-state index in [0.717, 1.165) is 59.9 Å². The molecular weight excluding hydrogens is 496 g/mol. The third-order valence-electron chi connectivity index (χ3n) is 7.12. The van der Waals surface area contributed by atoms with E-state index in [0.29, 0.717) is 34.3 Å². The van der Waals surface area contributed by atoms with E-state index < -0.39 is 5.97 Å². The summed E-state index contributed by atoms with van der Waals surface area (Å²) in [5, 5.41) is 4.37. The highest BCUT2D eigenvalue weighted by Crippen LogP contribution is 2.41. The van der Waals surface area contributed by atoms with Crippen molar-refractivity contribution in [2.24, 2.45) is 5.92 Å². The first-order chi connectivity index (χ1) is 18.5. The van der Waals surface area contributed by atoms with Gasteiger partial charge in [0.25, 0.3) is 5.91 Å². The molecule has 0 radical (unpaired) electrons. The number of carbonyl (C=O) groups is 2. The van der Waals surface area contributed by atoms with Crippen molar-refractivity contribution < 1.29 is 19.1 Å². The number of benzene rings is 2. The van der Waals surface area contributed by atoms with Gasteiger partial charge in [0.15, 0.2) is 0 Å². The number of methoxy groups -OCH3 is 1. The molecule has 0 fully saturated rings. The van der Waals surface area contributed by atoms with E-state index in [9.17, 15) is 9.59 Å². The van der Waals surface area contributed by atoms with Crippen LogP contribution in [0.15, 0.2) is 54.6 Å². The number of carbonyl (C=O) groups excluding carboxylic acids is 2. The van der Waals surface area contributed by atoms with Gasteiger partial charge in [-0.1, -0.05) is 50.6 Å². The Kier molecular flexibility index (Phi) is 7.74. The zero-order chi connectivity index (χ0) is 26.6. The number of nitrogens with one attached hydrogen (secondary N) is 1. The standard InChI is InChI=1S/C31H32N2O4S/c1-4-15-37-21-10-8-9-20(17-21)26-18-24(22-11-6-7-12-25(22)32-26)29(34)33-30-28(31(35)36-3)23-14-13-19(5-2)16-27(23)38-30/h6-12,17-19H,4-5,13-16H2,1-3H3,(H,33,34). The molecule has 0 aliphatic heterocycles. The lowest BCUT2D eigenvalue weighted by molar-refractivity contribution is 0.0600. The highest BCUT2D eigenvalue weighted by molar-refractivity contribution is 7.17. The van der Waals surface area contributed by atoms with Crippen molar-refractivity contribution in [2.45, 2.75) is 46.0 Å². The lowest BCUT2D eigenvalue weighted by Gasteiger charge is -2.20. The number of para-hydroxylation sites is 1. The Hall–Kier alpha value is -3.71. The van der Waals surface area contributed by atoms with Crippen LogP contribution in [0.25, 0.3) is 22.2 Å². The Labute approximate surface area is 227 Å². The van der Waals surface area contributed by atoms with Crippen molar-refractivity contribution in [3.63, 3.8) is 0 Å². The number of aromatic nitrogens is 1. The minimum absolute atomic E-state index is 0.279. The van der Waals surface area contributed by atoms with E-state index in [-0.39, 0.29) is 5.91 Å².